The van der Waals surface area contributed by atoms with Crippen LogP contribution in [0.2, 0.25) is 0 Å². The third-order valence-corrected chi connectivity index (χ3v) is 2.81. The van der Waals surface area contributed by atoms with Crippen LogP contribution in [-0.4, -0.2) is 28.0 Å². The Hall–Kier alpha value is -1.89. The first-order chi connectivity index (χ1) is 7.79. The van der Waals surface area contributed by atoms with Crippen LogP contribution in [-0.2, 0) is 11.3 Å². The number of methoxy groups -OCH3 is 1. The number of ether oxygens (including phenoxy) is 1. The molecule has 0 bridgehead atoms. The minimum Gasteiger partial charge on any atom is -0.465 e. The number of hydrogen-bond acceptors (Lipinski definition) is 6. The van der Waals surface area contributed by atoms with E-state index in [1.54, 1.807) is 12.5 Å². The second-order valence-electron chi connectivity index (χ2n) is 2.95. The number of aromatic amines is 1. The predicted molar refractivity (Wildman–Crippen MR) is 59.4 cm³/mol. The van der Waals surface area contributed by atoms with Gasteiger partial charge < -0.3 is 15.0 Å². The normalized spacial score (nSPS) is 10.1. The van der Waals surface area contributed by atoms with Gasteiger partial charge in [-0.15, -0.1) is 0 Å². The van der Waals surface area contributed by atoms with Gasteiger partial charge in [0.25, 0.3) is 0 Å². The molecule has 0 aliphatic carbocycles. The van der Waals surface area contributed by atoms with Gasteiger partial charge in [0.05, 0.1) is 31.9 Å². The van der Waals surface area contributed by atoms with Crippen molar-refractivity contribution < 1.29 is 9.53 Å². The lowest BCUT2D eigenvalue weighted by molar-refractivity contribution is 0.0606. The molecule has 0 radical (unpaired) electrons. The SMILES string of the molecule is COC(=O)c1cnc(NCc2cnc[nH]2)s1. The number of hydrogen-bond donors (Lipinski definition) is 2. The monoisotopic (exact) mass is 238 g/mol. The molecule has 7 heteroatoms. The predicted octanol–water partition coefficient (Wildman–Crippen LogP) is 1.26. The molecule has 2 rings (SSSR count). The van der Waals surface area contributed by atoms with E-state index in [1.165, 1.54) is 24.6 Å². The summed E-state index contributed by atoms with van der Waals surface area (Å²) in [4.78, 5) is 22.6. The zero-order chi connectivity index (χ0) is 11.4. The Morgan fingerprint density at radius 1 is 1.62 bits per heavy atom. The van der Waals surface area contributed by atoms with Gasteiger partial charge >= 0.3 is 5.97 Å². The molecule has 6 nitrogen and oxygen atoms in total. The summed E-state index contributed by atoms with van der Waals surface area (Å²) in [6, 6.07) is 0. The van der Waals surface area contributed by atoms with Gasteiger partial charge in [0.1, 0.15) is 4.88 Å². The van der Waals surface area contributed by atoms with Crippen molar-refractivity contribution in [3.8, 4) is 0 Å². The summed E-state index contributed by atoms with van der Waals surface area (Å²) in [6.07, 6.45) is 4.83. The molecule has 0 saturated heterocycles. The van der Waals surface area contributed by atoms with Crippen LogP contribution >= 0.6 is 11.3 Å². The van der Waals surface area contributed by atoms with Crippen molar-refractivity contribution in [2.24, 2.45) is 0 Å². The van der Waals surface area contributed by atoms with Gasteiger partial charge in [-0.3, -0.25) is 0 Å². The number of H-pyrrole nitrogens is 1. The molecule has 0 amide bonds. The number of carbonyl (C=O) groups is 1. The smallest absolute Gasteiger partial charge is 0.349 e. The number of nitrogens with zero attached hydrogens (tertiary/aromatic N) is 2. The summed E-state index contributed by atoms with van der Waals surface area (Å²) in [5.74, 6) is -0.368. The molecule has 0 fully saturated rings. The van der Waals surface area contributed by atoms with Gasteiger partial charge in [0, 0.05) is 6.20 Å². The van der Waals surface area contributed by atoms with Crippen LogP contribution in [0.1, 0.15) is 15.4 Å². The number of thiazole rings is 1. The fourth-order valence-corrected chi connectivity index (χ4v) is 1.83. The Labute approximate surface area is 95.7 Å². The Morgan fingerprint density at radius 3 is 3.19 bits per heavy atom. The van der Waals surface area contributed by atoms with Crippen molar-refractivity contribution in [3.05, 3.63) is 29.3 Å². The topological polar surface area (TPSA) is 79.9 Å². The summed E-state index contributed by atoms with van der Waals surface area (Å²) in [5, 5.41) is 3.75. The molecule has 2 aromatic rings. The third-order valence-electron chi connectivity index (χ3n) is 1.88. The first-order valence-corrected chi connectivity index (χ1v) is 5.36. The molecule has 0 atom stereocenters. The lowest BCUT2D eigenvalue weighted by atomic mass is 10.5. The van der Waals surface area contributed by atoms with E-state index in [0.717, 1.165) is 5.69 Å². The minimum atomic E-state index is -0.368. The van der Waals surface area contributed by atoms with Crippen LogP contribution in [0.5, 0.6) is 0 Å². The van der Waals surface area contributed by atoms with Crippen molar-refractivity contribution in [1.82, 2.24) is 15.0 Å². The molecule has 0 saturated carbocycles. The highest BCUT2D eigenvalue weighted by atomic mass is 32.1. The fraction of sp³-hybridized carbons (Fsp3) is 0.222. The number of imidazole rings is 1. The largest absolute Gasteiger partial charge is 0.465 e. The maximum Gasteiger partial charge on any atom is 0.349 e. The van der Waals surface area contributed by atoms with E-state index in [1.807, 2.05) is 0 Å². The van der Waals surface area contributed by atoms with Crippen molar-refractivity contribution in [3.63, 3.8) is 0 Å². The summed E-state index contributed by atoms with van der Waals surface area (Å²) in [5.41, 5.74) is 0.954. The molecule has 84 valence electrons. The first-order valence-electron chi connectivity index (χ1n) is 4.55. The highest BCUT2D eigenvalue weighted by Gasteiger charge is 2.09. The summed E-state index contributed by atoms with van der Waals surface area (Å²) in [6.45, 7) is 0.591. The number of esters is 1. The lowest BCUT2D eigenvalue weighted by Crippen LogP contribution is -1.98. The molecule has 2 aromatic heterocycles. The average Bonchev–Trinajstić information content (AvgIpc) is 2.96. The van der Waals surface area contributed by atoms with Gasteiger partial charge in [0.2, 0.25) is 0 Å². The highest BCUT2D eigenvalue weighted by molar-refractivity contribution is 7.17. The maximum absolute atomic E-state index is 11.2. The standard InChI is InChI=1S/C9H10N4O2S/c1-15-8(14)7-4-12-9(16-7)11-3-6-2-10-5-13-6/h2,4-5H,3H2,1H3,(H,10,13)(H,11,12). The molecule has 0 aliphatic heterocycles. The van der Waals surface area contributed by atoms with Crippen molar-refractivity contribution in [2.45, 2.75) is 6.54 Å². The van der Waals surface area contributed by atoms with Crippen molar-refractivity contribution in [1.29, 1.82) is 0 Å². The van der Waals surface area contributed by atoms with Gasteiger partial charge in [-0.1, -0.05) is 11.3 Å². The van der Waals surface area contributed by atoms with E-state index in [4.69, 9.17) is 0 Å². The number of nitrogens with one attached hydrogen (secondary N) is 2. The molecular weight excluding hydrogens is 228 g/mol. The Bertz CT molecular complexity index is 466. The zero-order valence-corrected chi connectivity index (χ0v) is 9.37. The van der Waals surface area contributed by atoms with Crippen LogP contribution in [0.25, 0.3) is 0 Å². The second-order valence-corrected chi connectivity index (χ2v) is 3.98. The van der Waals surface area contributed by atoms with E-state index < -0.39 is 0 Å². The molecule has 0 aromatic carbocycles. The summed E-state index contributed by atoms with van der Waals surface area (Å²) in [7, 11) is 1.35. The van der Waals surface area contributed by atoms with Gasteiger partial charge in [-0.2, -0.15) is 0 Å². The van der Waals surface area contributed by atoms with E-state index in [-0.39, 0.29) is 5.97 Å². The number of aromatic nitrogens is 3. The zero-order valence-electron chi connectivity index (χ0n) is 8.56. The Morgan fingerprint density at radius 2 is 2.50 bits per heavy atom. The van der Waals surface area contributed by atoms with Gasteiger partial charge in [-0.05, 0) is 0 Å². The molecule has 2 heterocycles. The molecular formula is C9H10N4O2S. The summed E-state index contributed by atoms with van der Waals surface area (Å²) < 4.78 is 4.59. The van der Waals surface area contributed by atoms with Crippen molar-refractivity contribution in [2.75, 3.05) is 12.4 Å². The molecule has 0 spiro atoms. The van der Waals surface area contributed by atoms with E-state index in [9.17, 15) is 4.79 Å². The Kier molecular flexibility index (Phi) is 3.16. The van der Waals surface area contributed by atoms with Gasteiger partial charge in [-0.25, -0.2) is 14.8 Å². The molecule has 16 heavy (non-hydrogen) atoms. The average molecular weight is 238 g/mol. The van der Waals surface area contributed by atoms with E-state index in [2.05, 4.69) is 25.0 Å². The molecule has 0 unspecified atom stereocenters. The third kappa shape index (κ3) is 2.37. The highest BCUT2D eigenvalue weighted by Crippen LogP contribution is 2.19. The van der Waals surface area contributed by atoms with Crippen LogP contribution in [0.15, 0.2) is 18.7 Å². The Balaban J connectivity index is 1.95. The number of carbonyl (C=O) groups excluding carboxylic acids is 1. The fourth-order valence-electron chi connectivity index (χ4n) is 1.10. The van der Waals surface area contributed by atoms with Crippen LogP contribution in [0.4, 0.5) is 5.13 Å². The van der Waals surface area contributed by atoms with Gasteiger partial charge in [0.15, 0.2) is 5.13 Å². The van der Waals surface area contributed by atoms with Crippen LogP contribution in [0, 0.1) is 0 Å². The minimum absolute atomic E-state index is 0.368. The molecule has 0 aliphatic rings. The maximum atomic E-state index is 11.2. The van der Waals surface area contributed by atoms with Crippen molar-refractivity contribution >= 4 is 22.4 Å². The second kappa shape index (κ2) is 4.75. The van der Waals surface area contributed by atoms with Crippen LogP contribution in [0.3, 0.4) is 0 Å². The number of rotatable bonds is 4. The quantitative estimate of drug-likeness (QED) is 0.784. The molecule has 2 N–H and O–H groups in total. The lowest BCUT2D eigenvalue weighted by Gasteiger charge is -1.98. The number of anilines is 1. The van der Waals surface area contributed by atoms with E-state index in [0.29, 0.717) is 16.6 Å². The first kappa shape index (κ1) is 10.6. The summed E-state index contributed by atoms with van der Waals surface area (Å²) >= 11 is 1.26. The van der Waals surface area contributed by atoms with E-state index >= 15 is 0 Å². The van der Waals surface area contributed by atoms with Crippen LogP contribution < -0.4 is 5.32 Å².